The number of hydrogen-bond acceptors (Lipinski definition) is 2. The number of aromatic nitrogens is 1. The number of amides is 1. The van der Waals surface area contributed by atoms with Gasteiger partial charge in [-0.05, 0) is 37.6 Å². The Morgan fingerprint density at radius 3 is 2.56 bits per heavy atom. The smallest absolute Gasteiger partial charge is 0.352 e. The second-order valence-electron chi connectivity index (χ2n) is 6.45. The zero-order chi connectivity index (χ0) is 19.7. The lowest BCUT2D eigenvalue weighted by molar-refractivity contribution is -0.117. The van der Waals surface area contributed by atoms with E-state index in [1.54, 1.807) is 23.7 Å². The summed E-state index contributed by atoms with van der Waals surface area (Å²) in [6.45, 7) is 4.31. The first-order chi connectivity index (χ1) is 12.8. The van der Waals surface area contributed by atoms with Crippen LogP contribution in [-0.2, 0) is 17.8 Å². The van der Waals surface area contributed by atoms with Gasteiger partial charge in [-0.2, -0.15) is 0 Å². The number of halogens is 1. The van der Waals surface area contributed by atoms with Crippen LogP contribution in [0, 0.1) is 6.92 Å². The summed E-state index contributed by atoms with van der Waals surface area (Å²) in [5.74, 6) is -1.22. The molecule has 5 nitrogen and oxygen atoms in total. The molecule has 0 atom stereocenters. The minimum Gasteiger partial charge on any atom is -0.477 e. The summed E-state index contributed by atoms with van der Waals surface area (Å²) in [6, 6.07) is 12.8. The molecule has 6 heteroatoms. The Morgan fingerprint density at radius 1 is 1.19 bits per heavy atom. The quantitative estimate of drug-likeness (QED) is 0.703. The maximum absolute atomic E-state index is 13.0. The van der Waals surface area contributed by atoms with Crippen LogP contribution in [0.3, 0.4) is 0 Å². The van der Waals surface area contributed by atoms with E-state index in [0.717, 1.165) is 16.5 Å². The number of para-hydroxylation sites is 1. The lowest BCUT2D eigenvalue weighted by Gasteiger charge is -2.20. The van der Waals surface area contributed by atoms with Crippen molar-refractivity contribution in [1.82, 2.24) is 4.57 Å². The molecule has 0 aliphatic carbocycles. The molecule has 0 bridgehead atoms. The molecule has 3 rings (SSSR count). The number of carbonyl (C=O) groups excluding carboxylic acids is 1. The molecule has 0 unspecified atom stereocenters. The van der Waals surface area contributed by atoms with Gasteiger partial charge in [0.1, 0.15) is 5.69 Å². The normalized spacial score (nSPS) is 11.0. The SMILES string of the molecule is CCn1c(C(=O)O)c(CC(=O)N(C)c2cc(Cl)ccc2C)c2ccccc21. The summed E-state index contributed by atoms with van der Waals surface area (Å²) in [7, 11) is 1.68. The number of rotatable bonds is 5. The summed E-state index contributed by atoms with van der Waals surface area (Å²) < 4.78 is 1.74. The topological polar surface area (TPSA) is 62.5 Å². The van der Waals surface area contributed by atoms with E-state index in [-0.39, 0.29) is 18.0 Å². The molecule has 1 heterocycles. The molecular formula is C21H21ClN2O3. The monoisotopic (exact) mass is 384 g/mol. The van der Waals surface area contributed by atoms with Crippen LogP contribution in [-0.4, -0.2) is 28.6 Å². The number of nitrogens with zero attached hydrogens (tertiary/aromatic N) is 2. The van der Waals surface area contributed by atoms with E-state index >= 15 is 0 Å². The molecule has 0 spiro atoms. The Hall–Kier alpha value is -2.79. The van der Waals surface area contributed by atoms with Gasteiger partial charge < -0.3 is 14.6 Å². The van der Waals surface area contributed by atoms with E-state index in [9.17, 15) is 14.7 Å². The number of anilines is 1. The highest BCUT2D eigenvalue weighted by molar-refractivity contribution is 6.31. The lowest BCUT2D eigenvalue weighted by Crippen LogP contribution is -2.29. The van der Waals surface area contributed by atoms with Crippen LogP contribution < -0.4 is 4.90 Å². The molecule has 0 saturated heterocycles. The van der Waals surface area contributed by atoms with Gasteiger partial charge in [0.05, 0.1) is 6.42 Å². The minimum atomic E-state index is -1.03. The molecule has 2 aromatic carbocycles. The van der Waals surface area contributed by atoms with Crippen LogP contribution in [0.25, 0.3) is 10.9 Å². The van der Waals surface area contributed by atoms with Crippen molar-refractivity contribution in [2.75, 3.05) is 11.9 Å². The zero-order valence-corrected chi connectivity index (χ0v) is 16.2. The molecule has 27 heavy (non-hydrogen) atoms. The number of fused-ring (bicyclic) bond motifs is 1. The number of aromatic carboxylic acids is 1. The van der Waals surface area contributed by atoms with E-state index in [4.69, 9.17) is 11.6 Å². The first-order valence-electron chi connectivity index (χ1n) is 8.71. The Kier molecular flexibility index (Phi) is 5.24. The van der Waals surface area contributed by atoms with Gasteiger partial charge in [-0.1, -0.05) is 35.9 Å². The molecule has 1 aromatic heterocycles. The molecule has 1 amide bonds. The third-order valence-electron chi connectivity index (χ3n) is 4.83. The Morgan fingerprint density at radius 2 is 1.89 bits per heavy atom. The van der Waals surface area contributed by atoms with Gasteiger partial charge >= 0.3 is 5.97 Å². The second kappa shape index (κ2) is 7.45. The summed E-state index contributed by atoms with van der Waals surface area (Å²) in [5.41, 5.74) is 3.16. The van der Waals surface area contributed by atoms with Gasteiger partial charge in [-0.3, -0.25) is 4.79 Å². The maximum atomic E-state index is 13.0. The predicted octanol–water partition coefficient (Wildman–Crippen LogP) is 4.53. The number of carboxylic acid groups (broad SMARTS) is 1. The van der Waals surface area contributed by atoms with Gasteiger partial charge in [0, 0.05) is 40.8 Å². The number of hydrogen-bond donors (Lipinski definition) is 1. The van der Waals surface area contributed by atoms with Crippen molar-refractivity contribution in [3.05, 3.63) is 64.3 Å². The lowest BCUT2D eigenvalue weighted by atomic mass is 10.1. The largest absolute Gasteiger partial charge is 0.477 e. The van der Waals surface area contributed by atoms with Crippen molar-refractivity contribution >= 4 is 40.1 Å². The molecule has 140 valence electrons. The van der Waals surface area contributed by atoms with Crippen molar-refractivity contribution in [2.45, 2.75) is 26.8 Å². The zero-order valence-electron chi connectivity index (χ0n) is 15.5. The fourth-order valence-electron chi connectivity index (χ4n) is 3.48. The second-order valence-corrected chi connectivity index (χ2v) is 6.89. The Balaban J connectivity index is 2.06. The average molecular weight is 385 g/mol. The molecule has 0 aliphatic rings. The molecule has 1 N–H and O–H groups in total. The van der Waals surface area contributed by atoms with E-state index in [0.29, 0.717) is 22.8 Å². The summed E-state index contributed by atoms with van der Waals surface area (Å²) >= 11 is 6.07. The summed E-state index contributed by atoms with van der Waals surface area (Å²) in [5, 5.41) is 11.1. The van der Waals surface area contributed by atoms with E-state index in [1.165, 1.54) is 4.90 Å². The van der Waals surface area contributed by atoms with Crippen LogP contribution in [0.4, 0.5) is 5.69 Å². The fraction of sp³-hybridized carbons (Fsp3) is 0.238. The van der Waals surface area contributed by atoms with Crippen LogP contribution in [0.1, 0.15) is 28.5 Å². The predicted molar refractivity (Wildman–Crippen MR) is 108 cm³/mol. The van der Waals surface area contributed by atoms with Gasteiger partial charge in [0.25, 0.3) is 0 Å². The van der Waals surface area contributed by atoms with Gasteiger partial charge in [-0.25, -0.2) is 4.79 Å². The van der Waals surface area contributed by atoms with Gasteiger partial charge in [-0.15, -0.1) is 0 Å². The summed E-state index contributed by atoms with van der Waals surface area (Å²) in [6.07, 6.45) is -0.00238. The Labute approximate surface area is 162 Å². The van der Waals surface area contributed by atoms with Crippen LogP contribution in [0.15, 0.2) is 42.5 Å². The van der Waals surface area contributed by atoms with Crippen molar-refractivity contribution in [1.29, 1.82) is 0 Å². The first-order valence-corrected chi connectivity index (χ1v) is 9.09. The molecule has 0 fully saturated rings. The molecule has 3 aromatic rings. The van der Waals surface area contributed by atoms with Crippen molar-refractivity contribution in [2.24, 2.45) is 0 Å². The van der Waals surface area contributed by atoms with E-state index in [2.05, 4.69) is 0 Å². The third-order valence-corrected chi connectivity index (χ3v) is 5.06. The number of carbonyl (C=O) groups is 2. The average Bonchev–Trinajstić information content (AvgIpc) is 2.97. The van der Waals surface area contributed by atoms with Crippen molar-refractivity contribution in [3.63, 3.8) is 0 Å². The number of carboxylic acids is 1. The highest BCUT2D eigenvalue weighted by Gasteiger charge is 2.25. The van der Waals surface area contributed by atoms with E-state index in [1.807, 2.05) is 44.2 Å². The molecule has 0 saturated carbocycles. The number of aryl methyl sites for hydroxylation is 2. The van der Waals surface area contributed by atoms with Gasteiger partial charge in [0.15, 0.2) is 0 Å². The maximum Gasteiger partial charge on any atom is 0.352 e. The Bertz CT molecular complexity index is 1040. The fourth-order valence-corrected chi connectivity index (χ4v) is 3.64. The third kappa shape index (κ3) is 3.43. The van der Waals surface area contributed by atoms with Gasteiger partial charge in [0.2, 0.25) is 5.91 Å². The molecular weight excluding hydrogens is 364 g/mol. The van der Waals surface area contributed by atoms with E-state index < -0.39 is 5.97 Å². The standard InChI is InChI=1S/C21H21ClN2O3/c1-4-24-17-8-6-5-7-15(17)16(20(24)21(26)27)12-19(25)23(3)18-11-14(22)10-9-13(18)2/h5-11H,4,12H2,1-3H3,(H,26,27). The summed E-state index contributed by atoms with van der Waals surface area (Å²) in [4.78, 5) is 26.4. The van der Waals surface area contributed by atoms with Crippen LogP contribution in [0.5, 0.6) is 0 Å². The van der Waals surface area contributed by atoms with Crippen molar-refractivity contribution in [3.8, 4) is 0 Å². The number of benzene rings is 2. The van der Waals surface area contributed by atoms with Crippen LogP contribution >= 0.6 is 11.6 Å². The molecule has 0 radical (unpaired) electrons. The minimum absolute atomic E-state index is 0.00238. The number of likely N-dealkylation sites (N-methyl/N-ethyl adjacent to an activating group) is 1. The molecule has 0 aliphatic heterocycles. The van der Waals surface area contributed by atoms with Crippen LogP contribution in [0.2, 0.25) is 5.02 Å². The van der Waals surface area contributed by atoms with Crippen molar-refractivity contribution < 1.29 is 14.7 Å². The highest BCUT2D eigenvalue weighted by atomic mass is 35.5. The highest BCUT2D eigenvalue weighted by Crippen LogP contribution is 2.29. The first kappa shape index (κ1) is 19.0.